The Labute approximate surface area is 120 Å². The average Bonchev–Trinajstić information content (AvgIpc) is 2.34. The summed E-state index contributed by atoms with van der Waals surface area (Å²) in [6, 6.07) is 8.72. The van der Waals surface area contributed by atoms with E-state index >= 15 is 0 Å². The smallest absolute Gasteiger partial charge is 0.237 e. The van der Waals surface area contributed by atoms with E-state index in [0.717, 1.165) is 18.2 Å². The summed E-state index contributed by atoms with van der Waals surface area (Å²) in [5.41, 5.74) is 6.94. The number of amides is 1. The van der Waals surface area contributed by atoms with Crippen LogP contribution in [0.5, 0.6) is 0 Å². The van der Waals surface area contributed by atoms with Crippen molar-refractivity contribution in [3.05, 3.63) is 35.9 Å². The molecule has 0 spiro atoms. The fraction of sp³-hybridized carbons (Fsp3) is 0.500. The van der Waals surface area contributed by atoms with Gasteiger partial charge in [-0.25, -0.2) is 8.42 Å². The largest absolute Gasteiger partial charge is 0.351 e. The van der Waals surface area contributed by atoms with Crippen LogP contribution < -0.4 is 11.1 Å². The van der Waals surface area contributed by atoms with Gasteiger partial charge in [0.1, 0.15) is 9.84 Å². The Hall–Kier alpha value is -1.40. The number of benzene rings is 1. The maximum absolute atomic E-state index is 11.8. The number of nitrogens with two attached hydrogens (primary N) is 1. The molecule has 1 aromatic carbocycles. The van der Waals surface area contributed by atoms with Gasteiger partial charge in [-0.2, -0.15) is 0 Å². The molecule has 0 aliphatic rings. The highest BCUT2D eigenvalue weighted by Gasteiger charge is 2.18. The molecule has 2 unspecified atom stereocenters. The number of sulfone groups is 1. The predicted octanol–water partition coefficient (Wildman–Crippen LogP) is 0.496. The third kappa shape index (κ3) is 6.68. The molecule has 0 saturated heterocycles. The minimum atomic E-state index is -3.11. The Bertz CT molecular complexity index is 529. The molecule has 1 rings (SSSR count). The molecule has 0 heterocycles. The van der Waals surface area contributed by atoms with E-state index < -0.39 is 21.9 Å². The quantitative estimate of drug-likeness (QED) is 0.767. The molecule has 112 valence electrons. The Morgan fingerprint density at radius 1 is 1.30 bits per heavy atom. The molecule has 0 saturated carbocycles. The average molecular weight is 298 g/mol. The molecule has 2 atom stereocenters. The molecule has 0 aliphatic carbocycles. The standard InChI is InChI=1S/C14H22N2O3S/c1-11(10-20(2,18)19)16-14(17)13(15)9-8-12-6-4-3-5-7-12/h3-7,11,13H,8-10,15H2,1-2H3,(H,16,17). The van der Waals surface area contributed by atoms with Gasteiger partial charge in [0, 0.05) is 12.3 Å². The first-order chi connectivity index (χ1) is 9.28. The zero-order chi connectivity index (χ0) is 15.2. The summed E-state index contributed by atoms with van der Waals surface area (Å²) >= 11 is 0. The van der Waals surface area contributed by atoms with Crippen LogP contribution in [0.1, 0.15) is 18.9 Å². The van der Waals surface area contributed by atoms with E-state index in [0.29, 0.717) is 6.42 Å². The number of hydrogen-bond acceptors (Lipinski definition) is 4. The molecule has 6 heteroatoms. The molecule has 0 bridgehead atoms. The van der Waals surface area contributed by atoms with Gasteiger partial charge in [0.05, 0.1) is 11.8 Å². The first-order valence-corrected chi connectivity index (χ1v) is 8.61. The van der Waals surface area contributed by atoms with Crippen molar-refractivity contribution in [3.8, 4) is 0 Å². The molecule has 1 amide bonds. The van der Waals surface area contributed by atoms with Crippen molar-refractivity contribution in [2.75, 3.05) is 12.0 Å². The normalized spacial score (nSPS) is 14.6. The second-order valence-electron chi connectivity index (χ2n) is 5.13. The Morgan fingerprint density at radius 3 is 2.45 bits per heavy atom. The Balaban J connectivity index is 2.39. The Kier molecular flexibility index (Phi) is 6.16. The molecule has 1 aromatic rings. The van der Waals surface area contributed by atoms with Crippen LogP contribution in [-0.2, 0) is 21.1 Å². The van der Waals surface area contributed by atoms with Crippen LogP contribution in [0.2, 0.25) is 0 Å². The molecule has 3 N–H and O–H groups in total. The van der Waals surface area contributed by atoms with Crippen LogP contribution >= 0.6 is 0 Å². The van der Waals surface area contributed by atoms with Gasteiger partial charge in [-0.1, -0.05) is 30.3 Å². The van der Waals surface area contributed by atoms with Gasteiger partial charge < -0.3 is 11.1 Å². The maximum Gasteiger partial charge on any atom is 0.237 e. The van der Waals surface area contributed by atoms with Crippen LogP contribution in [0, 0.1) is 0 Å². The number of carbonyl (C=O) groups is 1. The summed E-state index contributed by atoms with van der Waals surface area (Å²) in [6.45, 7) is 1.66. The molecule has 0 radical (unpaired) electrons. The lowest BCUT2D eigenvalue weighted by Crippen LogP contribution is -2.46. The van der Waals surface area contributed by atoms with Crippen LogP contribution in [-0.4, -0.2) is 38.4 Å². The van der Waals surface area contributed by atoms with E-state index in [1.807, 2.05) is 30.3 Å². The number of carbonyl (C=O) groups excluding carboxylic acids is 1. The minimum absolute atomic E-state index is 0.0792. The topological polar surface area (TPSA) is 89.3 Å². The van der Waals surface area contributed by atoms with E-state index in [9.17, 15) is 13.2 Å². The summed E-state index contributed by atoms with van der Waals surface area (Å²) in [5.74, 6) is -0.387. The summed E-state index contributed by atoms with van der Waals surface area (Å²) in [7, 11) is -3.11. The van der Waals surface area contributed by atoms with E-state index in [4.69, 9.17) is 5.73 Å². The first kappa shape index (κ1) is 16.7. The molecular weight excluding hydrogens is 276 g/mol. The zero-order valence-corrected chi connectivity index (χ0v) is 12.7. The van der Waals surface area contributed by atoms with E-state index in [-0.39, 0.29) is 11.7 Å². The molecule has 0 aliphatic heterocycles. The monoisotopic (exact) mass is 298 g/mol. The van der Waals surface area contributed by atoms with Crippen molar-refractivity contribution in [1.82, 2.24) is 5.32 Å². The van der Waals surface area contributed by atoms with Gasteiger partial charge in [0.2, 0.25) is 5.91 Å². The highest BCUT2D eigenvalue weighted by atomic mass is 32.2. The number of aryl methyl sites for hydroxylation is 1. The van der Waals surface area contributed by atoms with Crippen molar-refractivity contribution in [2.45, 2.75) is 31.8 Å². The van der Waals surface area contributed by atoms with Crippen molar-refractivity contribution in [2.24, 2.45) is 5.73 Å². The van der Waals surface area contributed by atoms with Gasteiger partial charge in [0.15, 0.2) is 0 Å². The van der Waals surface area contributed by atoms with Gasteiger partial charge in [-0.05, 0) is 25.3 Å². The van der Waals surface area contributed by atoms with Gasteiger partial charge in [0.25, 0.3) is 0 Å². The van der Waals surface area contributed by atoms with Crippen LogP contribution in [0.15, 0.2) is 30.3 Å². The molecular formula is C14H22N2O3S. The maximum atomic E-state index is 11.8. The van der Waals surface area contributed by atoms with E-state index in [2.05, 4.69) is 5.32 Å². The fourth-order valence-electron chi connectivity index (χ4n) is 1.94. The highest BCUT2D eigenvalue weighted by Crippen LogP contribution is 2.04. The number of hydrogen-bond donors (Lipinski definition) is 2. The lowest BCUT2D eigenvalue weighted by molar-refractivity contribution is -0.122. The first-order valence-electron chi connectivity index (χ1n) is 6.55. The third-order valence-corrected chi connectivity index (χ3v) is 3.97. The molecule has 5 nitrogen and oxygen atoms in total. The minimum Gasteiger partial charge on any atom is -0.351 e. The third-order valence-electron chi connectivity index (χ3n) is 2.87. The van der Waals surface area contributed by atoms with Crippen LogP contribution in [0.4, 0.5) is 0 Å². The van der Waals surface area contributed by atoms with Crippen molar-refractivity contribution >= 4 is 15.7 Å². The van der Waals surface area contributed by atoms with Gasteiger partial charge >= 0.3 is 0 Å². The molecule has 0 aromatic heterocycles. The van der Waals surface area contributed by atoms with Crippen LogP contribution in [0.25, 0.3) is 0 Å². The molecule has 20 heavy (non-hydrogen) atoms. The highest BCUT2D eigenvalue weighted by molar-refractivity contribution is 7.90. The van der Waals surface area contributed by atoms with Gasteiger partial charge in [-0.3, -0.25) is 4.79 Å². The Morgan fingerprint density at radius 2 is 1.90 bits per heavy atom. The van der Waals surface area contributed by atoms with Crippen molar-refractivity contribution < 1.29 is 13.2 Å². The molecule has 0 fully saturated rings. The van der Waals surface area contributed by atoms with E-state index in [1.165, 1.54) is 0 Å². The summed E-state index contributed by atoms with van der Waals surface area (Å²) in [4.78, 5) is 11.8. The van der Waals surface area contributed by atoms with E-state index in [1.54, 1.807) is 6.92 Å². The summed E-state index contributed by atoms with van der Waals surface area (Å²) < 4.78 is 22.2. The summed E-state index contributed by atoms with van der Waals surface area (Å²) in [5, 5.41) is 2.63. The SMILES string of the molecule is CC(CS(C)(=O)=O)NC(=O)C(N)CCc1ccccc1. The zero-order valence-electron chi connectivity index (χ0n) is 11.9. The predicted molar refractivity (Wildman–Crippen MR) is 80.1 cm³/mol. The summed E-state index contributed by atoms with van der Waals surface area (Å²) in [6.07, 6.45) is 2.39. The fourth-order valence-corrected chi connectivity index (χ4v) is 2.94. The van der Waals surface area contributed by atoms with Crippen molar-refractivity contribution in [3.63, 3.8) is 0 Å². The number of nitrogens with one attached hydrogen (secondary N) is 1. The van der Waals surface area contributed by atoms with Crippen molar-refractivity contribution in [1.29, 1.82) is 0 Å². The lowest BCUT2D eigenvalue weighted by Gasteiger charge is -2.16. The second kappa shape index (κ2) is 7.40. The number of rotatable bonds is 7. The second-order valence-corrected chi connectivity index (χ2v) is 7.32. The lowest BCUT2D eigenvalue weighted by atomic mass is 10.1. The van der Waals surface area contributed by atoms with Crippen LogP contribution in [0.3, 0.4) is 0 Å². The van der Waals surface area contributed by atoms with Gasteiger partial charge in [-0.15, -0.1) is 0 Å².